The highest BCUT2D eigenvalue weighted by molar-refractivity contribution is 5.22. The van der Waals surface area contributed by atoms with Gasteiger partial charge in [0.1, 0.15) is 0 Å². The van der Waals surface area contributed by atoms with E-state index in [1.807, 2.05) is 0 Å². The second-order valence-electron chi connectivity index (χ2n) is 2.30. The number of nitrogens with zero attached hydrogens (tertiary/aromatic N) is 2. The van der Waals surface area contributed by atoms with Crippen molar-refractivity contribution in [2.75, 3.05) is 0 Å². The summed E-state index contributed by atoms with van der Waals surface area (Å²) in [7, 11) is 0. The molecular formula is C8H5F3N2O. The first kappa shape index (κ1) is 10.3. The van der Waals surface area contributed by atoms with Crippen LogP contribution in [-0.4, -0.2) is 11.6 Å². The van der Waals surface area contributed by atoms with Crippen LogP contribution in [0.4, 0.5) is 13.2 Å². The van der Waals surface area contributed by atoms with Crippen molar-refractivity contribution in [2.45, 2.75) is 13.0 Å². The number of pyridine rings is 1. The first-order valence-electron chi connectivity index (χ1n) is 3.60. The van der Waals surface area contributed by atoms with Gasteiger partial charge >= 0.3 is 6.61 Å². The van der Waals surface area contributed by atoms with Crippen molar-refractivity contribution in [1.82, 2.24) is 4.98 Å². The summed E-state index contributed by atoms with van der Waals surface area (Å²) < 4.78 is 40.0. The second-order valence-corrected chi connectivity index (χ2v) is 2.30. The molecule has 0 aliphatic rings. The molecule has 0 fully saturated rings. The van der Waals surface area contributed by atoms with Crippen molar-refractivity contribution in [1.29, 1.82) is 5.26 Å². The van der Waals surface area contributed by atoms with Crippen LogP contribution in [0.5, 0.6) is 5.75 Å². The third kappa shape index (κ3) is 2.62. The largest absolute Gasteiger partial charge is 0.430 e. The molecule has 1 aromatic rings. The Kier molecular flexibility index (Phi) is 3.29. The summed E-state index contributed by atoms with van der Waals surface area (Å²) in [6, 6.07) is 4.02. The van der Waals surface area contributed by atoms with E-state index in [4.69, 9.17) is 5.26 Å². The topological polar surface area (TPSA) is 45.9 Å². The summed E-state index contributed by atoms with van der Waals surface area (Å²) in [5, 5.41) is 8.26. The Morgan fingerprint density at radius 2 is 2.21 bits per heavy atom. The van der Waals surface area contributed by atoms with Gasteiger partial charge in [0.2, 0.25) is 0 Å². The van der Waals surface area contributed by atoms with Crippen molar-refractivity contribution in [3.63, 3.8) is 0 Å². The molecule has 0 aliphatic heterocycles. The van der Waals surface area contributed by atoms with Crippen LogP contribution in [0.15, 0.2) is 12.1 Å². The normalized spacial score (nSPS) is 9.93. The van der Waals surface area contributed by atoms with E-state index in [1.54, 1.807) is 6.07 Å². The SMILES string of the molecule is N#CCc1ccc(OC(F)F)c(F)n1. The molecule has 0 atom stereocenters. The number of ether oxygens (including phenoxy) is 1. The molecule has 0 amide bonds. The molecule has 6 heteroatoms. The number of nitriles is 1. The number of aromatic nitrogens is 1. The Bertz CT molecular complexity index is 362. The molecule has 0 unspecified atom stereocenters. The first-order chi connectivity index (χ1) is 6.63. The molecule has 0 bridgehead atoms. The lowest BCUT2D eigenvalue weighted by atomic mass is 10.3. The highest BCUT2D eigenvalue weighted by atomic mass is 19.3. The summed E-state index contributed by atoms with van der Waals surface area (Å²) in [5.74, 6) is -1.76. The van der Waals surface area contributed by atoms with E-state index in [2.05, 4.69) is 9.72 Å². The van der Waals surface area contributed by atoms with Gasteiger partial charge in [-0.3, -0.25) is 0 Å². The van der Waals surface area contributed by atoms with Crippen LogP contribution >= 0.6 is 0 Å². The van der Waals surface area contributed by atoms with Gasteiger partial charge in [0.15, 0.2) is 5.75 Å². The molecular weight excluding hydrogens is 197 g/mol. The second kappa shape index (κ2) is 4.46. The summed E-state index contributed by atoms with van der Waals surface area (Å²) in [6.45, 7) is -3.09. The Balaban J connectivity index is 2.85. The van der Waals surface area contributed by atoms with Gasteiger partial charge in [-0.15, -0.1) is 0 Å². The van der Waals surface area contributed by atoms with Crippen molar-refractivity contribution >= 4 is 0 Å². The van der Waals surface area contributed by atoms with Gasteiger partial charge in [0, 0.05) is 0 Å². The van der Waals surface area contributed by atoms with Crippen LogP contribution in [0.3, 0.4) is 0 Å². The third-order valence-electron chi connectivity index (χ3n) is 1.35. The number of halogens is 3. The minimum absolute atomic E-state index is 0.0775. The highest BCUT2D eigenvalue weighted by Crippen LogP contribution is 2.17. The van der Waals surface area contributed by atoms with E-state index in [9.17, 15) is 13.2 Å². The Morgan fingerprint density at radius 3 is 2.71 bits per heavy atom. The highest BCUT2D eigenvalue weighted by Gasteiger charge is 2.11. The van der Waals surface area contributed by atoms with Crippen molar-refractivity contribution < 1.29 is 17.9 Å². The Morgan fingerprint density at radius 1 is 1.50 bits per heavy atom. The Hall–Kier alpha value is -1.77. The monoisotopic (exact) mass is 202 g/mol. The van der Waals surface area contributed by atoms with E-state index < -0.39 is 18.3 Å². The quantitative estimate of drug-likeness (QED) is 0.703. The van der Waals surface area contributed by atoms with Crippen molar-refractivity contribution in [3.8, 4) is 11.8 Å². The number of rotatable bonds is 3. The molecule has 0 spiro atoms. The maximum Gasteiger partial charge on any atom is 0.387 e. The standard InChI is InChI=1S/C8H5F3N2O/c9-7-6(14-8(10)11)2-1-5(13-7)3-4-12/h1-2,8H,3H2. The molecule has 0 aliphatic carbocycles. The fourth-order valence-corrected chi connectivity index (χ4v) is 0.822. The van der Waals surface area contributed by atoms with E-state index in [0.29, 0.717) is 0 Å². The van der Waals surface area contributed by atoms with E-state index in [-0.39, 0.29) is 12.1 Å². The van der Waals surface area contributed by atoms with Gasteiger partial charge in [-0.1, -0.05) is 0 Å². The smallest absolute Gasteiger partial charge is 0.387 e. The van der Waals surface area contributed by atoms with Crippen LogP contribution < -0.4 is 4.74 Å². The Labute approximate surface area is 77.7 Å². The molecule has 0 saturated heterocycles. The van der Waals surface area contributed by atoms with Gasteiger partial charge in [-0.25, -0.2) is 4.98 Å². The zero-order valence-corrected chi connectivity index (χ0v) is 6.88. The average Bonchev–Trinajstić information content (AvgIpc) is 2.10. The van der Waals surface area contributed by atoms with Crippen LogP contribution in [0.25, 0.3) is 0 Å². The molecule has 1 rings (SSSR count). The minimum Gasteiger partial charge on any atom is -0.430 e. The fraction of sp³-hybridized carbons (Fsp3) is 0.250. The van der Waals surface area contributed by atoms with Gasteiger partial charge in [-0.05, 0) is 12.1 Å². The molecule has 0 radical (unpaired) electrons. The zero-order valence-electron chi connectivity index (χ0n) is 6.88. The van der Waals surface area contributed by atoms with Gasteiger partial charge in [-0.2, -0.15) is 18.4 Å². The lowest BCUT2D eigenvalue weighted by Gasteiger charge is -2.04. The van der Waals surface area contributed by atoms with E-state index in [0.717, 1.165) is 6.07 Å². The summed E-state index contributed by atoms with van der Waals surface area (Å²) >= 11 is 0. The van der Waals surface area contributed by atoms with Crippen LogP contribution in [0.2, 0.25) is 0 Å². The van der Waals surface area contributed by atoms with Gasteiger partial charge < -0.3 is 4.74 Å². The lowest BCUT2D eigenvalue weighted by Crippen LogP contribution is -2.05. The molecule has 0 N–H and O–H groups in total. The van der Waals surface area contributed by atoms with Crippen LogP contribution in [0, 0.1) is 17.3 Å². The first-order valence-corrected chi connectivity index (χ1v) is 3.60. The fourth-order valence-electron chi connectivity index (χ4n) is 0.822. The zero-order chi connectivity index (χ0) is 10.6. The summed E-state index contributed by atoms with van der Waals surface area (Å²) in [4.78, 5) is 3.27. The maximum atomic E-state index is 12.9. The molecule has 0 saturated carbocycles. The number of alkyl halides is 2. The number of hydrogen-bond donors (Lipinski definition) is 0. The predicted molar refractivity (Wildman–Crippen MR) is 40.1 cm³/mol. The molecule has 14 heavy (non-hydrogen) atoms. The van der Waals surface area contributed by atoms with Crippen LogP contribution in [-0.2, 0) is 6.42 Å². The van der Waals surface area contributed by atoms with Crippen LogP contribution in [0.1, 0.15) is 5.69 Å². The van der Waals surface area contributed by atoms with Gasteiger partial charge in [0.25, 0.3) is 5.95 Å². The maximum absolute atomic E-state index is 12.9. The molecule has 3 nitrogen and oxygen atoms in total. The number of hydrogen-bond acceptors (Lipinski definition) is 3. The molecule has 1 aromatic heterocycles. The lowest BCUT2D eigenvalue weighted by molar-refractivity contribution is -0.0527. The van der Waals surface area contributed by atoms with Gasteiger partial charge in [0.05, 0.1) is 18.2 Å². The van der Waals surface area contributed by atoms with E-state index >= 15 is 0 Å². The average molecular weight is 202 g/mol. The minimum atomic E-state index is -3.09. The van der Waals surface area contributed by atoms with Crippen molar-refractivity contribution in [3.05, 3.63) is 23.8 Å². The van der Waals surface area contributed by atoms with Crippen molar-refractivity contribution in [2.24, 2.45) is 0 Å². The molecule has 0 aromatic carbocycles. The predicted octanol–water partition coefficient (Wildman–Crippen LogP) is 1.89. The molecule has 1 heterocycles. The summed E-state index contributed by atoms with van der Waals surface area (Å²) in [6.07, 6.45) is -0.0775. The third-order valence-corrected chi connectivity index (χ3v) is 1.35. The summed E-state index contributed by atoms with van der Waals surface area (Å²) in [5.41, 5.74) is 0.173. The van der Waals surface area contributed by atoms with E-state index in [1.165, 1.54) is 6.07 Å². The molecule has 74 valence electrons.